The van der Waals surface area contributed by atoms with E-state index >= 15 is 0 Å². The van der Waals surface area contributed by atoms with Gasteiger partial charge in [0.2, 0.25) is 11.8 Å². The first-order valence-electron chi connectivity index (χ1n) is 22.0. The van der Waals surface area contributed by atoms with Crippen molar-refractivity contribution in [3.63, 3.8) is 0 Å². The molecule has 3 fully saturated rings. The van der Waals surface area contributed by atoms with E-state index in [1.165, 1.54) is 51.4 Å². The molecule has 2 unspecified atom stereocenters. The Morgan fingerprint density at radius 3 is 2.23 bits per heavy atom. The highest BCUT2D eigenvalue weighted by Gasteiger charge is 2.59. The summed E-state index contributed by atoms with van der Waals surface area (Å²) in [6, 6.07) is 7.00. The highest BCUT2D eigenvalue weighted by Crippen LogP contribution is 2.67. The van der Waals surface area contributed by atoms with Gasteiger partial charge in [-0.1, -0.05) is 65.5 Å². The van der Waals surface area contributed by atoms with Gasteiger partial charge in [-0.25, -0.2) is 4.79 Å². The van der Waals surface area contributed by atoms with Crippen LogP contribution in [0.2, 0.25) is 0 Å². The number of ether oxygens (including phenoxy) is 4. The number of carbonyl (C=O) groups is 2. The van der Waals surface area contributed by atoms with Crippen molar-refractivity contribution in [1.82, 2.24) is 20.8 Å². The maximum Gasteiger partial charge on any atom is 0.407 e. The minimum absolute atomic E-state index is 0.0590. The average Bonchev–Trinajstić information content (AvgIpc) is 3.79. The monoisotopic (exact) mass is 791 g/mol. The minimum atomic E-state index is -0.354. The molecule has 316 valence electrons. The Hall–Kier alpha value is -3.28. The third kappa shape index (κ3) is 10.9. The number of alkyl carbamates (subject to hydrolysis) is 1. The van der Waals surface area contributed by atoms with Crippen molar-refractivity contribution in [2.75, 3.05) is 52.7 Å². The molecule has 2 aromatic rings. The summed E-state index contributed by atoms with van der Waals surface area (Å²) in [5.41, 5.74) is 3.59. The fraction of sp³-hybridized carbons (Fsp3) is 0.739. The minimum Gasteiger partial charge on any atom is -0.446 e. The highest BCUT2D eigenvalue weighted by atomic mass is 16.6. The zero-order valence-electron chi connectivity index (χ0n) is 35.6. The molecule has 4 aliphatic carbocycles. The molecule has 0 bridgehead atoms. The van der Waals surface area contributed by atoms with Gasteiger partial charge in [-0.3, -0.25) is 4.79 Å². The molecule has 0 radical (unpaired) electrons. The molecule has 6 rings (SSSR count). The van der Waals surface area contributed by atoms with Crippen LogP contribution in [-0.4, -0.2) is 81.0 Å². The Labute approximate surface area is 341 Å². The fourth-order valence-corrected chi connectivity index (χ4v) is 11.2. The van der Waals surface area contributed by atoms with Gasteiger partial charge in [0.25, 0.3) is 5.91 Å². The van der Waals surface area contributed by atoms with Crippen molar-refractivity contribution in [1.29, 1.82) is 0 Å². The Kier molecular flexibility index (Phi) is 15.3. The molecule has 57 heavy (non-hydrogen) atoms. The lowest BCUT2D eigenvalue weighted by Crippen LogP contribution is -2.51. The van der Waals surface area contributed by atoms with Crippen molar-refractivity contribution in [2.45, 2.75) is 118 Å². The van der Waals surface area contributed by atoms with E-state index in [4.69, 9.17) is 23.4 Å². The SMILES string of the molecule is Cc1nnc(-c2ccc(C(=O)NCCOCCOCCOCCNC(=O)O[C@H]3CC[C@@]4(C)C(=CCC5[C@@H]4CC[C@]4(C)C([C@H](C)CCCC(C)C)CC[C@@H]54)C3)cc2)o1. The molecule has 1 aromatic heterocycles. The van der Waals surface area contributed by atoms with Crippen LogP contribution in [0.15, 0.2) is 40.3 Å². The topological polar surface area (TPSA) is 134 Å². The number of fused-ring (bicyclic) bond motifs is 5. The van der Waals surface area contributed by atoms with Crippen molar-refractivity contribution in [3.8, 4) is 11.5 Å². The zero-order chi connectivity index (χ0) is 40.4. The standard InChI is InChI=1S/C46H70N4O7/c1-31(2)8-7-9-32(3)39-16-17-40-38-15-14-36-30-37(18-20-45(36,5)41(38)19-21-46(39,40)6)57-44(52)48-23-25-54-27-29-55-28-26-53-24-22-47-42(51)34-10-12-35(13-11-34)43-50-49-33(4)56-43/h10-14,31-32,37-41H,7-9,15-30H2,1-6H3,(H,47,51)(H,48,52)/t32-,37+,38?,39?,40+,41+,45+,46-/m1/s1. The lowest BCUT2D eigenvalue weighted by Gasteiger charge is -2.58. The van der Waals surface area contributed by atoms with Gasteiger partial charge in [-0.05, 0) is 116 Å². The summed E-state index contributed by atoms with van der Waals surface area (Å²) in [5.74, 6) is 5.69. The Morgan fingerprint density at radius 2 is 1.54 bits per heavy atom. The first-order valence-corrected chi connectivity index (χ1v) is 22.0. The molecule has 0 spiro atoms. The maximum absolute atomic E-state index is 12.7. The van der Waals surface area contributed by atoms with Gasteiger partial charge >= 0.3 is 6.09 Å². The highest BCUT2D eigenvalue weighted by molar-refractivity contribution is 5.94. The fourth-order valence-electron chi connectivity index (χ4n) is 11.2. The summed E-state index contributed by atoms with van der Waals surface area (Å²) < 4.78 is 28.1. The number of aryl methyl sites for hydroxylation is 1. The summed E-state index contributed by atoms with van der Waals surface area (Å²) in [6.45, 7) is 17.5. The quantitative estimate of drug-likeness (QED) is 0.0996. The smallest absolute Gasteiger partial charge is 0.407 e. The number of aromatic nitrogens is 2. The molecular weight excluding hydrogens is 721 g/mol. The molecule has 8 atom stereocenters. The van der Waals surface area contributed by atoms with Crippen LogP contribution in [0.1, 0.15) is 121 Å². The molecule has 11 heteroatoms. The molecule has 0 saturated heterocycles. The Morgan fingerprint density at radius 1 is 0.842 bits per heavy atom. The van der Waals surface area contributed by atoms with Gasteiger partial charge < -0.3 is 34.0 Å². The van der Waals surface area contributed by atoms with Gasteiger partial charge in [-0.2, -0.15) is 0 Å². The largest absolute Gasteiger partial charge is 0.446 e. The van der Waals surface area contributed by atoms with E-state index in [-0.39, 0.29) is 23.5 Å². The van der Waals surface area contributed by atoms with Crippen LogP contribution < -0.4 is 10.6 Å². The number of amides is 2. The number of hydrogen-bond acceptors (Lipinski definition) is 9. The number of nitrogens with one attached hydrogen (secondary N) is 2. The van der Waals surface area contributed by atoms with Crippen LogP contribution in [-0.2, 0) is 18.9 Å². The number of rotatable bonds is 20. The van der Waals surface area contributed by atoms with Gasteiger partial charge in [0.05, 0.1) is 39.6 Å². The normalized spacial score (nSPS) is 28.5. The third-order valence-corrected chi connectivity index (χ3v) is 14.2. The van der Waals surface area contributed by atoms with Gasteiger partial charge in [-0.15, -0.1) is 10.2 Å². The molecule has 0 aliphatic heterocycles. The van der Waals surface area contributed by atoms with Gasteiger partial charge in [0.15, 0.2) is 0 Å². The predicted molar refractivity (Wildman–Crippen MR) is 221 cm³/mol. The van der Waals surface area contributed by atoms with E-state index in [2.05, 4.69) is 61.5 Å². The Bertz CT molecular complexity index is 1630. The van der Waals surface area contributed by atoms with E-state index in [1.54, 1.807) is 36.8 Å². The first-order chi connectivity index (χ1) is 27.5. The van der Waals surface area contributed by atoms with Crippen molar-refractivity contribution in [3.05, 3.63) is 47.4 Å². The van der Waals surface area contributed by atoms with Crippen LogP contribution in [0.4, 0.5) is 4.79 Å². The molecular formula is C46H70N4O7. The number of benzene rings is 1. The first kappa shape index (κ1) is 43.3. The summed E-state index contributed by atoms with van der Waals surface area (Å²) in [5, 5.41) is 13.5. The van der Waals surface area contributed by atoms with Crippen molar-refractivity contribution < 1.29 is 33.0 Å². The molecule has 2 amide bonds. The third-order valence-electron chi connectivity index (χ3n) is 14.2. The van der Waals surface area contributed by atoms with E-state index in [9.17, 15) is 9.59 Å². The van der Waals surface area contributed by atoms with E-state index in [0.717, 1.165) is 60.3 Å². The van der Waals surface area contributed by atoms with Crippen LogP contribution in [0.25, 0.3) is 11.5 Å². The number of nitrogens with zero attached hydrogens (tertiary/aromatic N) is 2. The van der Waals surface area contributed by atoms with Crippen LogP contribution in [0.5, 0.6) is 0 Å². The predicted octanol–water partition coefficient (Wildman–Crippen LogP) is 8.96. The summed E-state index contributed by atoms with van der Waals surface area (Å²) in [6.07, 6.45) is 16.0. The van der Waals surface area contributed by atoms with Crippen LogP contribution in [0.3, 0.4) is 0 Å². The second-order valence-corrected chi connectivity index (χ2v) is 18.3. The maximum atomic E-state index is 12.7. The number of carbonyl (C=O) groups excluding carboxylic acids is 2. The molecule has 11 nitrogen and oxygen atoms in total. The second kappa shape index (κ2) is 20.1. The van der Waals surface area contributed by atoms with Crippen LogP contribution in [0, 0.1) is 53.3 Å². The molecule has 2 N–H and O–H groups in total. The number of hydrogen-bond donors (Lipinski definition) is 2. The summed E-state index contributed by atoms with van der Waals surface area (Å²) in [7, 11) is 0. The average molecular weight is 791 g/mol. The van der Waals surface area contributed by atoms with Crippen molar-refractivity contribution >= 4 is 12.0 Å². The van der Waals surface area contributed by atoms with Gasteiger partial charge in [0.1, 0.15) is 6.10 Å². The molecule has 1 heterocycles. The lowest BCUT2D eigenvalue weighted by molar-refractivity contribution is -0.0581. The molecule has 4 aliphatic rings. The lowest BCUT2D eigenvalue weighted by atomic mass is 9.47. The summed E-state index contributed by atoms with van der Waals surface area (Å²) in [4.78, 5) is 25.1. The molecule has 3 saturated carbocycles. The van der Waals surface area contributed by atoms with E-state index in [1.807, 2.05) is 0 Å². The number of allylic oxidation sites excluding steroid dienone is 1. The zero-order valence-corrected chi connectivity index (χ0v) is 35.6. The van der Waals surface area contributed by atoms with Crippen molar-refractivity contribution in [2.24, 2.45) is 46.3 Å². The van der Waals surface area contributed by atoms with Crippen LogP contribution >= 0.6 is 0 Å². The molecule has 1 aromatic carbocycles. The van der Waals surface area contributed by atoms with Gasteiger partial charge in [0, 0.05) is 37.6 Å². The van der Waals surface area contributed by atoms with E-state index in [0.29, 0.717) is 75.5 Å². The summed E-state index contributed by atoms with van der Waals surface area (Å²) >= 11 is 0. The Balaban J connectivity index is 0.788. The van der Waals surface area contributed by atoms with E-state index < -0.39 is 0 Å². The second-order valence-electron chi connectivity index (χ2n) is 18.3.